The van der Waals surface area contributed by atoms with Crippen LogP contribution in [0.2, 0.25) is 0 Å². The second-order valence-corrected chi connectivity index (χ2v) is 6.68. The summed E-state index contributed by atoms with van der Waals surface area (Å²) in [5, 5.41) is 14.3. The minimum atomic E-state index is -0.360. The molecule has 4 rings (SSSR count). The number of hydrogen-bond acceptors (Lipinski definition) is 5. The highest BCUT2D eigenvalue weighted by molar-refractivity contribution is 5.96. The molecule has 1 saturated heterocycles. The van der Waals surface area contributed by atoms with Crippen molar-refractivity contribution in [3.63, 3.8) is 0 Å². The number of methoxy groups -OCH3 is 2. The number of phenols is 1. The van der Waals surface area contributed by atoms with Crippen molar-refractivity contribution in [2.24, 2.45) is 5.92 Å². The van der Waals surface area contributed by atoms with E-state index >= 15 is 0 Å². The summed E-state index contributed by atoms with van der Waals surface area (Å²) in [6.07, 6.45) is 4.00. The smallest absolute Gasteiger partial charge is 0.197 e. The van der Waals surface area contributed by atoms with Gasteiger partial charge in [-0.25, -0.2) is 0 Å². The lowest BCUT2D eigenvalue weighted by Gasteiger charge is -2.53. The number of piperidine rings is 1. The summed E-state index contributed by atoms with van der Waals surface area (Å²) in [5.41, 5.74) is 1.65. The van der Waals surface area contributed by atoms with Gasteiger partial charge in [0, 0.05) is 29.4 Å². The Morgan fingerprint density at radius 2 is 2.08 bits per heavy atom. The summed E-state index contributed by atoms with van der Waals surface area (Å²) >= 11 is 0. The van der Waals surface area contributed by atoms with E-state index in [0.717, 1.165) is 30.5 Å². The third-order valence-electron chi connectivity index (χ3n) is 5.74. The summed E-state index contributed by atoms with van der Waals surface area (Å²) < 4.78 is 10.6. The van der Waals surface area contributed by atoms with Gasteiger partial charge in [0.2, 0.25) is 0 Å². The van der Waals surface area contributed by atoms with Crippen LogP contribution < -0.4 is 10.1 Å². The molecule has 2 bridgehead atoms. The van der Waals surface area contributed by atoms with Crippen LogP contribution in [0.4, 0.5) is 0 Å². The topological polar surface area (TPSA) is 67.8 Å². The summed E-state index contributed by atoms with van der Waals surface area (Å²) in [6.45, 7) is 0.848. The van der Waals surface area contributed by atoms with E-state index in [0.29, 0.717) is 17.9 Å². The number of benzene rings is 1. The normalized spacial score (nSPS) is 30.4. The molecule has 1 aromatic carbocycles. The Hall–Kier alpha value is -2.01. The molecule has 5 nitrogen and oxygen atoms in total. The van der Waals surface area contributed by atoms with Crippen LogP contribution in [0.15, 0.2) is 24.0 Å². The van der Waals surface area contributed by atoms with Gasteiger partial charge in [0.05, 0.1) is 14.2 Å². The lowest BCUT2D eigenvalue weighted by molar-refractivity contribution is -0.122. The van der Waals surface area contributed by atoms with Crippen LogP contribution in [-0.2, 0) is 21.4 Å². The van der Waals surface area contributed by atoms with E-state index < -0.39 is 0 Å². The zero-order chi connectivity index (χ0) is 16.2. The highest BCUT2D eigenvalue weighted by Crippen LogP contribution is 2.56. The number of carbonyl (C=O) groups is 1. The van der Waals surface area contributed by atoms with Crippen molar-refractivity contribution in [1.82, 2.24) is 5.32 Å². The predicted molar refractivity (Wildman–Crippen MR) is 91.4 cm³/mol. The fourth-order valence-electron chi connectivity index (χ4n) is 4.77. The van der Waals surface area contributed by atoms with Gasteiger partial charge in [0.25, 0.3) is 0 Å². The molecule has 0 spiro atoms. The van der Waals surface area contributed by atoms with Crippen molar-refractivity contribution in [3.8, 4) is 11.5 Å². The van der Waals surface area contributed by atoms with E-state index in [1.54, 1.807) is 14.2 Å². The monoisotopic (exact) mass is 331 g/mol. The Kier molecular flexibility index (Phi) is 4.08. The van der Waals surface area contributed by atoms with E-state index in [4.69, 9.17) is 9.47 Å². The average molecular weight is 331 g/mol. The van der Waals surface area contributed by atoms with Crippen LogP contribution in [0.5, 0.6) is 11.5 Å². The molecule has 3 atom stereocenters. The van der Waals surface area contributed by atoms with Gasteiger partial charge in [0.15, 0.2) is 23.0 Å². The van der Waals surface area contributed by atoms with Crippen LogP contribution >= 0.6 is 0 Å². The number of allylic oxidation sites excluding steroid dienone is 1. The fraction of sp³-hybridized carbons (Fsp3) is 0.526. The largest absolute Gasteiger partial charge is 0.504 e. The van der Waals surface area contributed by atoms with E-state index in [1.165, 1.54) is 0 Å². The molecule has 0 saturated carbocycles. The zero-order valence-corrected chi connectivity index (χ0v) is 13.4. The Bertz CT molecular complexity index is 712. The third-order valence-corrected chi connectivity index (χ3v) is 5.74. The predicted octanol–water partition coefficient (Wildman–Crippen LogP) is 2.31. The van der Waals surface area contributed by atoms with Gasteiger partial charge in [-0.1, -0.05) is 13.5 Å². The second-order valence-electron chi connectivity index (χ2n) is 6.68. The summed E-state index contributed by atoms with van der Waals surface area (Å²) in [6, 6.07) is 4.09. The molecular formula is C19H25NO4. The maximum absolute atomic E-state index is 12.5. The van der Waals surface area contributed by atoms with E-state index in [9.17, 15) is 9.90 Å². The number of aromatic hydroxyl groups is 1. The van der Waals surface area contributed by atoms with Crippen molar-refractivity contribution in [2.45, 2.75) is 38.1 Å². The fourth-order valence-corrected chi connectivity index (χ4v) is 4.77. The number of phenolic OH excluding ortho intramolecular Hbond substituents is 1. The third kappa shape index (κ3) is 2.07. The number of Topliss-reactive ketones (excluding diaryl/α,β-unsaturated/α-hetero) is 1. The number of carbonyl (C=O) groups excluding carboxylic acids is 1. The molecule has 5 heteroatoms. The lowest BCUT2D eigenvalue weighted by atomic mass is 9.54. The maximum Gasteiger partial charge on any atom is 0.197 e. The van der Waals surface area contributed by atoms with Gasteiger partial charge in [-0.3, -0.25) is 4.79 Å². The molecule has 130 valence electrons. The number of rotatable bonds is 2. The Morgan fingerprint density at radius 3 is 2.79 bits per heavy atom. The highest BCUT2D eigenvalue weighted by Gasteiger charge is 2.55. The first kappa shape index (κ1) is 16.8. The van der Waals surface area contributed by atoms with Gasteiger partial charge in [-0.05, 0) is 37.1 Å². The zero-order valence-electron chi connectivity index (χ0n) is 13.4. The quantitative estimate of drug-likeness (QED) is 0.870. The molecule has 1 heterocycles. The van der Waals surface area contributed by atoms with Crippen LogP contribution in [0.1, 0.15) is 31.4 Å². The molecule has 1 aromatic rings. The molecule has 2 N–H and O–H groups in total. The number of nitrogens with one attached hydrogen (secondary N) is 1. The van der Waals surface area contributed by atoms with Crippen molar-refractivity contribution in [1.29, 1.82) is 0 Å². The van der Waals surface area contributed by atoms with E-state index in [2.05, 4.69) is 5.32 Å². The lowest BCUT2D eigenvalue weighted by Crippen LogP contribution is -2.60. The molecule has 0 radical (unpaired) electrons. The molecular weight excluding hydrogens is 306 g/mol. The van der Waals surface area contributed by atoms with Crippen molar-refractivity contribution >= 4 is 5.78 Å². The molecule has 1 aliphatic heterocycles. The highest BCUT2D eigenvalue weighted by atomic mass is 16.5. The number of hydrogen-bond donors (Lipinski definition) is 2. The Labute approximate surface area is 142 Å². The van der Waals surface area contributed by atoms with Crippen molar-refractivity contribution in [3.05, 3.63) is 35.1 Å². The summed E-state index contributed by atoms with van der Waals surface area (Å²) in [5.74, 6) is 1.28. The Morgan fingerprint density at radius 1 is 1.29 bits per heavy atom. The average Bonchev–Trinajstić information content (AvgIpc) is 2.53. The SMILES string of the molecule is C.COC1=CC2C3Cc4ccc(OC)c(O)c4C2(CCN3)CC1=O. The molecule has 24 heavy (non-hydrogen) atoms. The second kappa shape index (κ2) is 5.81. The molecule has 3 unspecified atom stereocenters. The molecule has 2 aliphatic carbocycles. The van der Waals surface area contributed by atoms with Crippen molar-refractivity contribution in [2.75, 3.05) is 20.8 Å². The van der Waals surface area contributed by atoms with Crippen molar-refractivity contribution < 1.29 is 19.4 Å². The first-order valence-corrected chi connectivity index (χ1v) is 8.02. The molecule has 0 aromatic heterocycles. The Balaban J connectivity index is 0.00000169. The van der Waals surface area contributed by atoms with Gasteiger partial charge in [0.1, 0.15) is 0 Å². The van der Waals surface area contributed by atoms with Crippen LogP contribution in [0.25, 0.3) is 0 Å². The summed E-state index contributed by atoms with van der Waals surface area (Å²) in [7, 11) is 3.10. The minimum Gasteiger partial charge on any atom is -0.504 e. The van der Waals surface area contributed by atoms with Gasteiger partial charge >= 0.3 is 0 Å². The van der Waals surface area contributed by atoms with Crippen LogP contribution in [0, 0.1) is 5.92 Å². The molecule has 0 amide bonds. The first-order chi connectivity index (χ1) is 11.1. The minimum absolute atomic E-state index is 0. The summed E-state index contributed by atoms with van der Waals surface area (Å²) in [4.78, 5) is 12.5. The standard InChI is InChI=1S/C18H21NO4.CH4/c1-22-14-4-3-10-7-12-11-8-15(23-2)13(20)9-18(11,5-6-19-12)16(10)17(14)21;/h3-4,8,11-12,19,21H,5-7,9H2,1-2H3;1H4. The molecule has 3 aliphatic rings. The van der Waals surface area contributed by atoms with E-state index in [-0.39, 0.29) is 36.3 Å². The van der Waals surface area contributed by atoms with Gasteiger partial charge in [-0.15, -0.1) is 0 Å². The molecule has 1 fully saturated rings. The number of fused-ring (bicyclic) bond motifs is 1. The van der Waals surface area contributed by atoms with Gasteiger partial charge < -0.3 is 19.9 Å². The number of ether oxygens (including phenoxy) is 2. The first-order valence-electron chi connectivity index (χ1n) is 8.02. The number of ketones is 1. The maximum atomic E-state index is 12.5. The van der Waals surface area contributed by atoms with Crippen LogP contribution in [-0.4, -0.2) is 37.7 Å². The van der Waals surface area contributed by atoms with Crippen LogP contribution in [0.3, 0.4) is 0 Å². The van der Waals surface area contributed by atoms with E-state index in [1.807, 2.05) is 18.2 Å². The van der Waals surface area contributed by atoms with Gasteiger partial charge in [-0.2, -0.15) is 0 Å².